The van der Waals surface area contributed by atoms with Gasteiger partial charge in [0.15, 0.2) is 0 Å². The summed E-state index contributed by atoms with van der Waals surface area (Å²) < 4.78 is 5.94. The zero-order chi connectivity index (χ0) is 49.5. The lowest BCUT2D eigenvalue weighted by atomic mass is 10.0. The molecule has 6 nitrogen and oxygen atoms in total. The molecule has 3 N–H and O–H groups in total. The highest BCUT2D eigenvalue weighted by molar-refractivity contribution is 5.77. The Hall–Kier alpha value is -2.96. The van der Waals surface area contributed by atoms with Crippen molar-refractivity contribution in [2.45, 2.75) is 289 Å². The minimum absolute atomic E-state index is 0.0430. The van der Waals surface area contributed by atoms with Crippen LogP contribution >= 0.6 is 0 Å². The van der Waals surface area contributed by atoms with E-state index in [1.807, 2.05) is 36.5 Å². The summed E-state index contributed by atoms with van der Waals surface area (Å²) in [6.45, 7) is 6.38. The molecule has 392 valence electrons. The normalized spacial score (nSPS) is 13.8. The summed E-state index contributed by atoms with van der Waals surface area (Å²) in [4.78, 5) is 26.3. The van der Waals surface area contributed by atoms with Crippen LogP contribution in [0.4, 0.5) is 0 Å². The number of hydrogen-bond acceptors (Lipinski definition) is 5. The molecule has 0 aromatic heterocycles. The van der Waals surface area contributed by atoms with Crippen molar-refractivity contribution >= 4 is 11.9 Å². The minimum Gasteiger partial charge on any atom is -0.462 e. The molecule has 0 radical (unpaired) electrons. The smallest absolute Gasteiger partial charge is 0.306 e. The van der Waals surface area contributed by atoms with Gasteiger partial charge in [0.1, 0.15) is 6.10 Å². The highest BCUT2D eigenvalue weighted by atomic mass is 16.5. The molecule has 0 aliphatic heterocycles. The van der Waals surface area contributed by atoms with Crippen molar-refractivity contribution in [3.8, 4) is 0 Å². The number of carbonyl (C=O) groups excluding carboxylic acids is 2. The van der Waals surface area contributed by atoms with E-state index in [-0.39, 0.29) is 24.9 Å². The number of amides is 1. The maximum atomic E-state index is 13.3. The first kappa shape index (κ1) is 65.0. The molecule has 0 spiro atoms. The molecular weight excluding hydrogens is 839 g/mol. The number of unbranched alkanes of at least 4 members (excludes halogenated alkanes) is 29. The number of hydrogen-bond donors (Lipinski definition) is 3. The zero-order valence-corrected chi connectivity index (χ0v) is 44.7. The van der Waals surface area contributed by atoms with E-state index in [1.165, 1.54) is 141 Å². The zero-order valence-electron chi connectivity index (χ0n) is 44.7. The summed E-state index contributed by atoms with van der Waals surface area (Å²) in [6, 6.07) is -0.723. The van der Waals surface area contributed by atoms with Gasteiger partial charge in [-0.3, -0.25) is 9.59 Å². The molecule has 0 aliphatic carbocycles. The van der Waals surface area contributed by atoms with Gasteiger partial charge in [0, 0.05) is 6.42 Å². The quantitative estimate of drug-likeness (QED) is 0.0244. The number of aliphatic hydroxyl groups is 2. The predicted molar refractivity (Wildman–Crippen MR) is 296 cm³/mol. The Morgan fingerprint density at radius 3 is 1.35 bits per heavy atom. The van der Waals surface area contributed by atoms with Crippen LogP contribution in [0, 0.1) is 0 Å². The van der Waals surface area contributed by atoms with Crippen LogP contribution in [0.5, 0.6) is 0 Å². The van der Waals surface area contributed by atoms with Crippen LogP contribution in [-0.2, 0) is 14.3 Å². The fourth-order valence-electron chi connectivity index (χ4n) is 8.43. The fourth-order valence-corrected chi connectivity index (χ4v) is 8.43. The second kappa shape index (κ2) is 55.0. The van der Waals surface area contributed by atoms with Gasteiger partial charge in [-0.2, -0.15) is 0 Å². The van der Waals surface area contributed by atoms with Gasteiger partial charge >= 0.3 is 5.97 Å². The first-order chi connectivity index (χ1) is 33.5. The Morgan fingerprint density at radius 1 is 0.441 bits per heavy atom. The molecule has 1 amide bonds. The maximum Gasteiger partial charge on any atom is 0.306 e. The second-order valence-corrected chi connectivity index (χ2v) is 19.5. The fraction of sp³-hybridized carbons (Fsp3) is 0.742. The number of rotatable bonds is 51. The lowest BCUT2D eigenvalue weighted by molar-refractivity contribution is -0.151. The van der Waals surface area contributed by atoms with E-state index in [1.54, 1.807) is 0 Å². The summed E-state index contributed by atoms with van der Waals surface area (Å²) in [7, 11) is 0. The maximum absolute atomic E-state index is 13.3. The van der Waals surface area contributed by atoms with Gasteiger partial charge in [-0.1, -0.05) is 266 Å². The van der Waals surface area contributed by atoms with Crippen LogP contribution in [0.1, 0.15) is 271 Å². The Balaban J connectivity index is 4.65. The van der Waals surface area contributed by atoms with E-state index in [2.05, 4.69) is 74.7 Å². The van der Waals surface area contributed by atoms with Crippen LogP contribution in [0.2, 0.25) is 0 Å². The number of ether oxygens (including phenoxy) is 1. The van der Waals surface area contributed by atoms with E-state index in [0.717, 1.165) is 83.5 Å². The molecule has 6 heteroatoms. The van der Waals surface area contributed by atoms with Crippen molar-refractivity contribution in [1.82, 2.24) is 5.32 Å². The number of esters is 1. The molecule has 0 fully saturated rings. The molecule has 0 rings (SSSR count). The summed E-state index contributed by atoms with van der Waals surface area (Å²) in [6.07, 6.45) is 72.1. The highest BCUT2D eigenvalue weighted by Crippen LogP contribution is 2.18. The summed E-state index contributed by atoms with van der Waals surface area (Å²) >= 11 is 0. The van der Waals surface area contributed by atoms with Crippen molar-refractivity contribution in [3.63, 3.8) is 0 Å². The van der Waals surface area contributed by atoms with Gasteiger partial charge in [-0.15, -0.1) is 0 Å². The second-order valence-electron chi connectivity index (χ2n) is 19.5. The number of carbonyl (C=O) groups is 2. The molecule has 68 heavy (non-hydrogen) atoms. The van der Waals surface area contributed by atoms with Crippen molar-refractivity contribution in [2.75, 3.05) is 6.61 Å². The molecule has 0 saturated carbocycles. The predicted octanol–water partition coefficient (Wildman–Crippen LogP) is 17.9. The minimum atomic E-state index is -0.806. The molecule has 3 unspecified atom stereocenters. The third-order valence-corrected chi connectivity index (χ3v) is 12.8. The first-order valence-electron chi connectivity index (χ1n) is 28.9. The van der Waals surface area contributed by atoms with Gasteiger partial charge in [-0.05, 0) is 77.0 Å². The topological polar surface area (TPSA) is 95.9 Å². The van der Waals surface area contributed by atoms with Gasteiger partial charge in [0.2, 0.25) is 5.91 Å². The highest BCUT2D eigenvalue weighted by Gasteiger charge is 2.24. The molecular formula is C62H109NO5. The molecule has 0 saturated heterocycles. The third kappa shape index (κ3) is 49.5. The van der Waals surface area contributed by atoms with Crippen LogP contribution in [0.3, 0.4) is 0 Å². The van der Waals surface area contributed by atoms with Gasteiger partial charge in [0.25, 0.3) is 0 Å². The largest absolute Gasteiger partial charge is 0.462 e. The van der Waals surface area contributed by atoms with E-state index in [0.29, 0.717) is 19.3 Å². The van der Waals surface area contributed by atoms with E-state index < -0.39 is 18.2 Å². The van der Waals surface area contributed by atoms with E-state index in [9.17, 15) is 19.8 Å². The monoisotopic (exact) mass is 948 g/mol. The lowest BCUT2D eigenvalue weighted by Crippen LogP contribution is -2.46. The van der Waals surface area contributed by atoms with Crippen LogP contribution in [0.15, 0.2) is 85.1 Å². The Morgan fingerprint density at radius 2 is 0.838 bits per heavy atom. The first-order valence-corrected chi connectivity index (χ1v) is 28.9. The Bertz CT molecular complexity index is 1290. The van der Waals surface area contributed by atoms with Crippen molar-refractivity contribution < 1.29 is 24.5 Å². The van der Waals surface area contributed by atoms with Crippen LogP contribution in [-0.4, -0.2) is 46.9 Å². The third-order valence-electron chi connectivity index (χ3n) is 12.8. The van der Waals surface area contributed by atoms with Gasteiger partial charge in [-0.25, -0.2) is 0 Å². The van der Waals surface area contributed by atoms with E-state index in [4.69, 9.17) is 4.74 Å². The van der Waals surface area contributed by atoms with Gasteiger partial charge in [0.05, 0.1) is 25.2 Å². The van der Waals surface area contributed by atoms with Crippen LogP contribution in [0.25, 0.3) is 0 Å². The summed E-state index contributed by atoms with van der Waals surface area (Å²) in [5, 5.41) is 23.9. The lowest BCUT2D eigenvalue weighted by Gasteiger charge is -2.24. The average molecular weight is 949 g/mol. The van der Waals surface area contributed by atoms with Crippen molar-refractivity contribution in [2.24, 2.45) is 0 Å². The molecule has 0 aromatic rings. The molecule has 0 bridgehead atoms. The van der Waals surface area contributed by atoms with Gasteiger partial charge < -0.3 is 20.3 Å². The molecule has 0 aromatic carbocycles. The Kier molecular flexibility index (Phi) is 52.6. The number of aliphatic hydroxyl groups excluding tert-OH is 2. The van der Waals surface area contributed by atoms with Crippen molar-refractivity contribution in [1.29, 1.82) is 0 Å². The standard InChI is InChI=1S/C62H109NO5/c1-4-7-10-13-16-19-22-25-28-31-34-37-40-43-46-49-52-55-62(67)68-58(53-50-47-44-41-38-35-32-29-26-23-20-17-14-11-8-5-2)56-61(66)63-59(57-64)60(65)54-51-48-45-42-39-36-33-30-27-24-21-18-15-12-9-6-3/h11,14,16-17,19-20,23,25-26,28-29,32,35,38,58-60,64-65H,4-10,12-13,15,18,21-22,24,27,30-31,33-34,36-37,39-57H2,1-3H3,(H,63,66)/b14-11+,19-16-,20-17+,26-23+,28-25-,32-29+,38-35+. The average Bonchev–Trinajstić information content (AvgIpc) is 3.33. The Labute approximate surface area is 421 Å². The van der Waals surface area contributed by atoms with Crippen LogP contribution < -0.4 is 5.32 Å². The SMILES string of the molecule is CCC/C=C/C=C/C=C/C=C/C=C/CCCCCC(CC(=O)NC(CO)C(O)CCCCCCCCCCCCCCCCCC)OC(=O)CCCCCCCCC/C=C\C/C=C\CCCCC. The number of nitrogens with one attached hydrogen (secondary N) is 1. The summed E-state index contributed by atoms with van der Waals surface area (Å²) in [5.74, 6) is -0.523. The molecule has 0 heterocycles. The summed E-state index contributed by atoms with van der Waals surface area (Å²) in [5.41, 5.74) is 0. The van der Waals surface area contributed by atoms with Crippen molar-refractivity contribution in [3.05, 3.63) is 85.1 Å². The molecule has 3 atom stereocenters. The number of allylic oxidation sites excluding steroid dienone is 14. The van der Waals surface area contributed by atoms with E-state index >= 15 is 0 Å². The molecule has 0 aliphatic rings.